The molecule has 15 heavy (non-hydrogen) atoms. The fraction of sp³-hybridized carbons (Fsp3) is 0.846. The molecule has 0 aliphatic rings. The third kappa shape index (κ3) is 24.7. The average molecular weight is 214 g/mol. The number of rotatable bonds is 8. The molecular formula is C13H26O2. The molecule has 0 unspecified atom stereocenters. The second kappa shape index (κ2) is 15.8. The molecule has 0 aliphatic carbocycles. The number of ketones is 1. The summed E-state index contributed by atoms with van der Waals surface area (Å²) in [6.07, 6.45) is 9.43. The maximum atomic E-state index is 10.3. The van der Waals surface area contributed by atoms with Gasteiger partial charge in [-0.25, -0.2) is 0 Å². The zero-order chi connectivity index (χ0) is 11.9. The minimum absolute atomic E-state index is 0.318. The van der Waals surface area contributed by atoms with E-state index in [1.807, 2.05) is 0 Å². The highest BCUT2D eigenvalue weighted by atomic mass is 16.1. The van der Waals surface area contributed by atoms with E-state index >= 15 is 0 Å². The van der Waals surface area contributed by atoms with Crippen LogP contribution in [0, 0.1) is 0 Å². The van der Waals surface area contributed by atoms with Gasteiger partial charge >= 0.3 is 0 Å². The first-order valence-corrected chi connectivity index (χ1v) is 6.12. The van der Waals surface area contributed by atoms with Gasteiger partial charge in [-0.2, -0.15) is 0 Å². The molecule has 0 N–H and O–H groups in total. The standard InChI is InChI=1S/C7H14O.C6H12O/c1-3-4-5-6-7(2)8;1-2-3-4-5-6-7/h3-6H2,1-2H3;6H,2-5H2,1H3. The Kier molecular flexibility index (Phi) is 17.6. The van der Waals surface area contributed by atoms with Gasteiger partial charge in [0.15, 0.2) is 0 Å². The minimum Gasteiger partial charge on any atom is -0.303 e. The molecule has 0 radical (unpaired) electrons. The molecule has 0 heterocycles. The quantitative estimate of drug-likeness (QED) is 0.453. The Morgan fingerprint density at radius 2 is 1.53 bits per heavy atom. The zero-order valence-electron chi connectivity index (χ0n) is 10.6. The summed E-state index contributed by atoms with van der Waals surface area (Å²) in [6, 6.07) is 0. The van der Waals surface area contributed by atoms with Crippen LogP contribution in [0.15, 0.2) is 0 Å². The van der Waals surface area contributed by atoms with Gasteiger partial charge in [0.05, 0.1) is 0 Å². The number of aldehydes is 1. The Balaban J connectivity index is 0. The highest BCUT2D eigenvalue weighted by molar-refractivity contribution is 5.75. The van der Waals surface area contributed by atoms with Gasteiger partial charge in [0.1, 0.15) is 12.1 Å². The number of unbranched alkanes of at least 4 members (excludes halogenated alkanes) is 5. The van der Waals surface area contributed by atoms with Crippen molar-refractivity contribution in [1.82, 2.24) is 0 Å². The highest BCUT2D eigenvalue weighted by Gasteiger charge is 1.89. The van der Waals surface area contributed by atoms with Gasteiger partial charge in [0.25, 0.3) is 0 Å². The number of hydrogen-bond donors (Lipinski definition) is 0. The van der Waals surface area contributed by atoms with Gasteiger partial charge in [-0.15, -0.1) is 0 Å². The molecule has 0 bridgehead atoms. The Hall–Kier alpha value is -0.660. The van der Waals surface area contributed by atoms with Crippen molar-refractivity contribution in [2.75, 3.05) is 0 Å². The van der Waals surface area contributed by atoms with Crippen molar-refractivity contribution in [2.45, 2.75) is 72.1 Å². The third-order valence-electron chi connectivity index (χ3n) is 2.06. The number of carbonyl (C=O) groups excluding carboxylic acids is 2. The molecule has 2 nitrogen and oxygen atoms in total. The van der Waals surface area contributed by atoms with Crippen LogP contribution in [0.1, 0.15) is 72.1 Å². The van der Waals surface area contributed by atoms with Crippen LogP contribution < -0.4 is 0 Å². The Bertz CT molecular complexity index is 141. The van der Waals surface area contributed by atoms with E-state index in [9.17, 15) is 9.59 Å². The van der Waals surface area contributed by atoms with E-state index < -0.39 is 0 Å². The van der Waals surface area contributed by atoms with E-state index in [1.165, 1.54) is 25.7 Å². The van der Waals surface area contributed by atoms with Gasteiger partial charge in [-0.3, -0.25) is 0 Å². The topological polar surface area (TPSA) is 34.1 Å². The predicted octanol–water partition coefficient (Wildman–Crippen LogP) is 3.92. The van der Waals surface area contributed by atoms with E-state index in [0.29, 0.717) is 5.78 Å². The summed E-state index contributed by atoms with van der Waals surface area (Å²) in [4.78, 5) is 20.0. The summed E-state index contributed by atoms with van der Waals surface area (Å²) in [5, 5.41) is 0. The third-order valence-corrected chi connectivity index (χ3v) is 2.06. The molecule has 0 aromatic rings. The largest absolute Gasteiger partial charge is 0.303 e. The highest BCUT2D eigenvalue weighted by Crippen LogP contribution is 1.98. The fourth-order valence-electron chi connectivity index (χ4n) is 1.10. The van der Waals surface area contributed by atoms with Crippen molar-refractivity contribution in [3.05, 3.63) is 0 Å². The van der Waals surface area contributed by atoms with Crippen molar-refractivity contribution >= 4 is 12.1 Å². The molecule has 0 aromatic carbocycles. The number of carbonyl (C=O) groups is 2. The molecule has 0 amide bonds. The van der Waals surface area contributed by atoms with Gasteiger partial charge in [0.2, 0.25) is 0 Å². The van der Waals surface area contributed by atoms with Gasteiger partial charge in [0, 0.05) is 12.8 Å². The molecule has 0 atom stereocenters. The lowest BCUT2D eigenvalue weighted by atomic mass is 10.2. The van der Waals surface area contributed by atoms with Crippen molar-refractivity contribution in [1.29, 1.82) is 0 Å². The summed E-state index contributed by atoms with van der Waals surface area (Å²) in [5.74, 6) is 0.318. The molecular weight excluding hydrogens is 188 g/mol. The lowest BCUT2D eigenvalue weighted by Crippen LogP contribution is -1.87. The van der Waals surface area contributed by atoms with Crippen LogP contribution in [-0.2, 0) is 9.59 Å². The number of hydrogen-bond acceptors (Lipinski definition) is 2. The van der Waals surface area contributed by atoms with E-state index in [1.54, 1.807) is 6.92 Å². The Morgan fingerprint density at radius 3 is 1.93 bits per heavy atom. The lowest BCUT2D eigenvalue weighted by molar-refractivity contribution is -0.117. The van der Waals surface area contributed by atoms with Gasteiger partial charge in [-0.05, 0) is 19.8 Å². The van der Waals surface area contributed by atoms with Crippen molar-refractivity contribution in [3.63, 3.8) is 0 Å². The summed E-state index contributed by atoms with van der Waals surface area (Å²) in [7, 11) is 0. The van der Waals surface area contributed by atoms with Crippen LogP contribution in [-0.4, -0.2) is 12.1 Å². The molecule has 0 saturated heterocycles. The van der Waals surface area contributed by atoms with Crippen LogP contribution in [0.3, 0.4) is 0 Å². The lowest BCUT2D eigenvalue weighted by Gasteiger charge is -1.90. The molecule has 0 aliphatic heterocycles. The van der Waals surface area contributed by atoms with E-state index in [4.69, 9.17) is 0 Å². The Morgan fingerprint density at radius 1 is 1.00 bits per heavy atom. The Labute approximate surface area is 94.4 Å². The molecule has 0 saturated carbocycles. The first-order valence-electron chi connectivity index (χ1n) is 6.12. The molecule has 0 fully saturated rings. The van der Waals surface area contributed by atoms with E-state index in [-0.39, 0.29) is 0 Å². The van der Waals surface area contributed by atoms with Crippen LogP contribution in [0.5, 0.6) is 0 Å². The monoisotopic (exact) mass is 214 g/mol. The second-order valence-corrected chi connectivity index (χ2v) is 3.82. The molecule has 0 rings (SSSR count). The first kappa shape index (κ1) is 16.8. The molecule has 0 aromatic heterocycles. The molecule has 90 valence electrons. The number of Topliss-reactive ketones (excluding diaryl/α,β-unsaturated/α-hetero) is 1. The van der Waals surface area contributed by atoms with Crippen molar-refractivity contribution < 1.29 is 9.59 Å². The SMILES string of the molecule is CCCCCC(C)=O.CCCCCC=O. The summed E-state index contributed by atoms with van der Waals surface area (Å²) >= 11 is 0. The predicted molar refractivity (Wildman–Crippen MR) is 65.0 cm³/mol. The maximum Gasteiger partial charge on any atom is 0.129 e. The summed E-state index contributed by atoms with van der Waals surface area (Å²) < 4.78 is 0. The summed E-state index contributed by atoms with van der Waals surface area (Å²) in [5.41, 5.74) is 0. The molecule has 2 heteroatoms. The second-order valence-electron chi connectivity index (χ2n) is 3.82. The van der Waals surface area contributed by atoms with E-state index in [0.717, 1.165) is 32.0 Å². The van der Waals surface area contributed by atoms with Crippen LogP contribution in [0.4, 0.5) is 0 Å². The van der Waals surface area contributed by atoms with Gasteiger partial charge < -0.3 is 9.59 Å². The van der Waals surface area contributed by atoms with E-state index in [2.05, 4.69) is 13.8 Å². The molecule has 0 spiro atoms. The summed E-state index contributed by atoms with van der Waals surface area (Å²) in [6.45, 7) is 5.92. The minimum atomic E-state index is 0.318. The van der Waals surface area contributed by atoms with Crippen LogP contribution in [0.25, 0.3) is 0 Å². The van der Waals surface area contributed by atoms with Gasteiger partial charge in [-0.1, -0.05) is 39.5 Å². The van der Waals surface area contributed by atoms with Crippen molar-refractivity contribution in [2.24, 2.45) is 0 Å². The average Bonchev–Trinajstić information content (AvgIpc) is 2.20. The first-order chi connectivity index (χ1) is 7.18. The fourth-order valence-corrected chi connectivity index (χ4v) is 1.10. The zero-order valence-corrected chi connectivity index (χ0v) is 10.6. The van der Waals surface area contributed by atoms with Crippen LogP contribution in [0.2, 0.25) is 0 Å². The smallest absolute Gasteiger partial charge is 0.129 e. The van der Waals surface area contributed by atoms with Crippen LogP contribution >= 0.6 is 0 Å². The normalized spacial score (nSPS) is 9.00. The van der Waals surface area contributed by atoms with Crippen molar-refractivity contribution in [3.8, 4) is 0 Å². The maximum absolute atomic E-state index is 10.3.